The lowest BCUT2D eigenvalue weighted by Crippen LogP contribution is -2.65. The van der Waals surface area contributed by atoms with Gasteiger partial charge in [-0.1, -0.05) is 120 Å². The standard InChI is InChI=1S/C105H160N20O23/c1-60(2)50-81(117-70(13)127)101(146)120-93(69(12)126)96(141)94(139)80(52-71-30-24-23-25-31-71)124-125-105(15)46-29-22-20-18-16-17-19-21-28-45-104(14,90(135)58-112-64(7)86(131)44-48-109-62(5)84(129)42-47-108-63(6)85(130)43-49-110-66(9)89(134)57-111-68(11)99(144)116-67(10)98(107)143)121-103(148)82(51-61(3)4)119-100(145)78(38-40-91(106)136)115-59-114-65(8)87(132)55-88(133)79(54-73-56-113-76-33-27-26-32-75(73)76)122-123-83(53-72-34-36-74(128)37-35-72)102(147)118-77(39-41-92(137)138)95(140)97(105)142/h17,19,23-27,30-37,56,60-69,77-83,93,108-115,122-126,128H,16,18,20-22,28-29,38-55,57-59H2,1-15H3,(H2,106,136)(H2,107,143)(H,116,144)(H,117,127)(H,118,147)(H,119,145)(H,120,146)(H,121,148)(H,137,138)/b19-17+/t62-,63-,64-,65-,66-,67+,68+,69+,77-,78-,79-,80-,81-,82-,83-,93-,104-,105+/m0/s1. The van der Waals surface area contributed by atoms with Crippen LogP contribution in [0.4, 0.5) is 0 Å². The molecule has 1 aliphatic rings. The van der Waals surface area contributed by atoms with Gasteiger partial charge < -0.3 is 84.9 Å². The molecule has 148 heavy (non-hydrogen) atoms. The molecule has 18 atom stereocenters. The number of aromatic hydroxyl groups is 1. The Morgan fingerprint density at radius 1 is 0.514 bits per heavy atom. The smallest absolute Gasteiger partial charge is 0.303 e. The van der Waals surface area contributed by atoms with Crippen LogP contribution in [0.15, 0.2) is 97.2 Å². The maximum absolute atomic E-state index is 15.7. The van der Waals surface area contributed by atoms with E-state index < -0.39 is 227 Å². The summed E-state index contributed by atoms with van der Waals surface area (Å²) < 4.78 is 0. The number of aliphatic hydroxyl groups is 1. The van der Waals surface area contributed by atoms with Crippen molar-refractivity contribution in [1.29, 1.82) is 0 Å². The van der Waals surface area contributed by atoms with Gasteiger partial charge in [-0.25, -0.2) is 21.7 Å². The van der Waals surface area contributed by atoms with Crippen LogP contribution in [0.2, 0.25) is 0 Å². The molecule has 0 aliphatic carbocycles. The van der Waals surface area contributed by atoms with E-state index in [1.54, 1.807) is 102 Å². The number of hydrogen-bond donors (Lipinski definition) is 23. The lowest BCUT2D eigenvalue weighted by molar-refractivity contribution is -0.144. The Balaban J connectivity index is 1.47. The van der Waals surface area contributed by atoms with Crippen LogP contribution >= 0.6 is 0 Å². The number of phenolic OH excluding ortho intramolecular Hbond substituents is 1. The SMILES string of the molecule is CC(=O)N[C@@H](CC(C)C)C(=O)N[C@H](C(=O)C(=O)[C@H](Cc1ccccc1)NN[C@]1(C)CCCCCC/C=C/CCC[C@@](C)(C(=O)CN[C@@H](C)C(=O)CCN[C@@H](C)C(=O)CCN[C@@H](C)C(=O)CCN[C@@H](C)C(=O)CN[C@H](C)C(=O)N[C@H](C)C(N)=O)NC(=O)[C@H](CC(C)C)NC(=O)[C@H](CCC(N)=O)NCN[C@@H](C)C(=O)CC(=O)[C@H](Cc2c[nH]c3ccccc23)NN[C@@H](Cc2ccc(O)cc2)C(=O)N[C@@H](CCC(=O)O)C(=O)C1=O)[C@@H](C)O. The predicted octanol–water partition coefficient (Wildman–Crippen LogP) is 1.07. The molecule has 0 fully saturated rings. The van der Waals surface area contributed by atoms with Crippen LogP contribution in [0.5, 0.6) is 5.75 Å². The number of Topliss-reactive ketones (excluding diaryl/α,β-unsaturated/α-hetero) is 11. The summed E-state index contributed by atoms with van der Waals surface area (Å²) in [6, 6.07) is 3.34. The Hall–Kier alpha value is -12.1. The number of rotatable bonds is 52. The molecule has 43 heteroatoms. The number of primary amides is 2. The zero-order valence-electron chi connectivity index (χ0n) is 88.1. The van der Waals surface area contributed by atoms with Crippen molar-refractivity contribution in [3.8, 4) is 5.75 Å². The number of para-hydroxylation sites is 1. The lowest BCUT2D eigenvalue weighted by Gasteiger charge is -2.33. The second kappa shape index (κ2) is 64.3. The van der Waals surface area contributed by atoms with Crippen LogP contribution in [-0.4, -0.2) is 284 Å². The van der Waals surface area contributed by atoms with Crippen molar-refractivity contribution in [3.05, 3.63) is 114 Å². The molecule has 1 aliphatic heterocycles. The van der Waals surface area contributed by atoms with E-state index in [4.69, 9.17) is 11.5 Å². The minimum absolute atomic E-state index is 0.0339. The van der Waals surface area contributed by atoms with Gasteiger partial charge in [0, 0.05) is 82.4 Å². The highest BCUT2D eigenvalue weighted by atomic mass is 16.4. The second-order valence-electron chi connectivity index (χ2n) is 39.9. The Labute approximate surface area is 865 Å². The van der Waals surface area contributed by atoms with Crippen LogP contribution in [0.1, 0.15) is 243 Å². The number of ketones is 11. The van der Waals surface area contributed by atoms with Crippen molar-refractivity contribution < 1.29 is 111 Å². The third kappa shape index (κ3) is 44.7. The minimum atomic E-state index is -2.09. The Kier molecular flexibility index (Phi) is 54.9. The third-order valence-electron chi connectivity index (χ3n) is 26.1. The van der Waals surface area contributed by atoms with Gasteiger partial charge in [-0.15, -0.1) is 0 Å². The van der Waals surface area contributed by atoms with Gasteiger partial charge >= 0.3 is 5.97 Å². The molecule has 25 N–H and O–H groups in total. The molecular formula is C105H160N20O23. The summed E-state index contributed by atoms with van der Waals surface area (Å²) in [5.74, 6) is -15.8. The number of aromatic nitrogens is 1. The zero-order valence-corrected chi connectivity index (χ0v) is 88.1. The quantitative estimate of drug-likeness (QED) is 0.0127. The first-order valence-electron chi connectivity index (χ1n) is 51.2. The maximum Gasteiger partial charge on any atom is 0.303 e. The minimum Gasteiger partial charge on any atom is -0.508 e. The van der Waals surface area contributed by atoms with Crippen molar-refractivity contribution in [2.24, 2.45) is 23.3 Å². The maximum atomic E-state index is 15.7. The van der Waals surface area contributed by atoms with Crippen LogP contribution < -0.4 is 102 Å². The first kappa shape index (κ1) is 126. The van der Waals surface area contributed by atoms with E-state index in [2.05, 4.69) is 95.8 Å². The average molecular weight is 2070 g/mol. The number of nitrogens with two attached hydrogens (primary N) is 2. The van der Waals surface area contributed by atoms with Crippen molar-refractivity contribution in [2.75, 3.05) is 39.4 Å². The number of aromatic amines is 1. The van der Waals surface area contributed by atoms with Crippen molar-refractivity contribution in [1.82, 2.24) is 95.8 Å². The summed E-state index contributed by atoms with van der Waals surface area (Å²) in [6.45, 7) is 22.9. The van der Waals surface area contributed by atoms with E-state index in [0.717, 1.165) is 0 Å². The highest BCUT2D eigenvalue weighted by molar-refractivity contribution is 6.43. The summed E-state index contributed by atoms with van der Waals surface area (Å²) in [6.07, 6.45) is 3.20. The summed E-state index contributed by atoms with van der Waals surface area (Å²) in [5, 5.41) is 69.2. The van der Waals surface area contributed by atoms with Gasteiger partial charge in [0.05, 0.1) is 97.1 Å². The fourth-order valence-corrected chi connectivity index (χ4v) is 16.5. The molecular weight excluding hydrogens is 1910 g/mol. The highest BCUT2D eigenvalue weighted by Gasteiger charge is 2.45. The molecule has 43 nitrogen and oxygen atoms in total. The number of nitrogens with one attached hydrogen (secondary N) is 18. The topological polar surface area (TPSA) is 674 Å². The summed E-state index contributed by atoms with van der Waals surface area (Å²) in [7, 11) is 0. The Morgan fingerprint density at radius 2 is 1.07 bits per heavy atom. The number of carbonyl (C=O) groups excluding carboxylic acids is 19. The van der Waals surface area contributed by atoms with Crippen LogP contribution in [-0.2, 0) is 115 Å². The molecule has 0 bridgehead atoms. The fourth-order valence-electron chi connectivity index (χ4n) is 16.5. The van der Waals surface area contributed by atoms with Crippen molar-refractivity contribution in [2.45, 2.75) is 353 Å². The summed E-state index contributed by atoms with van der Waals surface area (Å²) in [4.78, 5) is 281. The van der Waals surface area contributed by atoms with Crippen molar-refractivity contribution >= 4 is 128 Å². The molecule has 0 spiro atoms. The van der Waals surface area contributed by atoms with Gasteiger partial charge in [0.25, 0.3) is 0 Å². The first-order chi connectivity index (χ1) is 69.8. The third-order valence-corrected chi connectivity index (χ3v) is 26.1. The van der Waals surface area contributed by atoms with Crippen LogP contribution in [0, 0.1) is 11.8 Å². The molecule has 5 rings (SSSR count). The number of hydrazine groups is 2. The zero-order chi connectivity index (χ0) is 110. The fraction of sp³-hybridized carbons (Fsp3) is 0.600. The number of aliphatic hydroxyl groups excluding tert-OH is 1. The van der Waals surface area contributed by atoms with E-state index >= 15 is 19.2 Å². The number of phenols is 1. The predicted molar refractivity (Wildman–Crippen MR) is 555 cm³/mol. The molecule has 0 saturated heterocycles. The van der Waals surface area contributed by atoms with Crippen LogP contribution in [0.25, 0.3) is 10.9 Å². The largest absolute Gasteiger partial charge is 0.508 e. The number of hydrogen-bond acceptors (Lipinski definition) is 33. The number of benzene rings is 3. The number of allylic oxidation sites excluding steroid dienone is 2. The lowest BCUT2D eigenvalue weighted by atomic mass is 9.85. The molecule has 3 aromatic carbocycles. The molecule has 0 unspecified atom stereocenters. The van der Waals surface area contributed by atoms with E-state index in [0.29, 0.717) is 66.1 Å². The highest BCUT2D eigenvalue weighted by Crippen LogP contribution is 2.25. The van der Waals surface area contributed by atoms with Gasteiger partial charge in [-0.05, 0) is 199 Å². The number of carboxylic acids is 1. The molecule has 8 amide bonds. The molecule has 4 aromatic rings. The Morgan fingerprint density at radius 3 is 1.66 bits per heavy atom. The number of carbonyl (C=O) groups is 20. The number of amides is 8. The van der Waals surface area contributed by atoms with Crippen LogP contribution in [0.3, 0.4) is 0 Å². The van der Waals surface area contributed by atoms with Gasteiger partial charge in [0.1, 0.15) is 36.0 Å². The van der Waals surface area contributed by atoms with Gasteiger partial charge in [0.15, 0.2) is 40.5 Å². The molecule has 818 valence electrons. The normalized spacial score (nSPS) is 21.8. The molecule has 2 heterocycles. The van der Waals surface area contributed by atoms with E-state index in [9.17, 15) is 92.0 Å². The van der Waals surface area contributed by atoms with Crippen molar-refractivity contribution in [3.63, 3.8) is 0 Å². The van der Waals surface area contributed by atoms with E-state index in [1.807, 2.05) is 26.0 Å². The van der Waals surface area contributed by atoms with E-state index in [-0.39, 0.29) is 157 Å². The van der Waals surface area contributed by atoms with Gasteiger partial charge in [0.2, 0.25) is 70.4 Å². The summed E-state index contributed by atoms with van der Waals surface area (Å²) in [5.41, 5.74) is 20.9. The number of carboxylic acid groups (broad SMARTS) is 1. The molecule has 0 radical (unpaired) electrons. The summed E-state index contributed by atoms with van der Waals surface area (Å²) >= 11 is 0. The number of H-pyrrole nitrogens is 1. The second-order valence-corrected chi connectivity index (χ2v) is 39.9. The van der Waals surface area contributed by atoms with Gasteiger partial charge in [-0.2, -0.15) is 0 Å². The molecule has 0 saturated carbocycles. The number of fused-ring (bicyclic) bond motifs is 1. The number of aliphatic carboxylic acids is 1. The van der Waals surface area contributed by atoms with Gasteiger partial charge in [-0.3, -0.25) is 112 Å². The monoisotopic (exact) mass is 2070 g/mol. The average Bonchev–Trinajstić information content (AvgIpc) is 1.01. The first-order valence-corrected chi connectivity index (χ1v) is 51.2. The Bertz CT molecular complexity index is 5170. The molecule has 1 aromatic heterocycles. The van der Waals surface area contributed by atoms with E-state index in [1.165, 1.54) is 72.7 Å².